The molecule has 0 fully saturated rings. The van der Waals surface area contributed by atoms with E-state index < -0.39 is 11.2 Å². The second-order valence-corrected chi connectivity index (χ2v) is 6.63. The highest BCUT2D eigenvalue weighted by atomic mass is 35.5. The second-order valence-electron chi connectivity index (χ2n) is 6.19. The molecule has 2 N–H and O–H groups in total. The van der Waals surface area contributed by atoms with Gasteiger partial charge < -0.3 is 9.88 Å². The largest absolute Gasteiger partial charge is 0.354 e. The number of rotatable bonds is 7. The minimum atomic E-state index is -0.569. The zero-order valence-corrected chi connectivity index (χ0v) is 16.1. The smallest absolute Gasteiger partial charge is 0.328 e. The molecule has 0 unspecified atom stereocenters. The van der Waals surface area contributed by atoms with E-state index in [4.69, 9.17) is 11.6 Å². The molecular formula is C19H18ClN5O4. The van der Waals surface area contributed by atoms with E-state index in [-0.39, 0.29) is 37.5 Å². The molecule has 0 bridgehead atoms. The average molecular weight is 416 g/mol. The van der Waals surface area contributed by atoms with Gasteiger partial charge in [-0.25, -0.2) is 9.48 Å². The van der Waals surface area contributed by atoms with Gasteiger partial charge in [-0.2, -0.15) is 5.10 Å². The molecule has 29 heavy (non-hydrogen) atoms. The van der Waals surface area contributed by atoms with Crippen LogP contribution < -0.4 is 22.1 Å². The summed E-state index contributed by atoms with van der Waals surface area (Å²) in [6, 6.07) is 11.3. The lowest BCUT2D eigenvalue weighted by Crippen LogP contribution is -2.34. The number of aryl methyl sites for hydroxylation is 1. The van der Waals surface area contributed by atoms with Crippen LogP contribution in [-0.4, -0.2) is 31.8 Å². The Morgan fingerprint density at radius 1 is 1.03 bits per heavy atom. The lowest BCUT2D eigenvalue weighted by Gasteiger charge is -2.09. The van der Waals surface area contributed by atoms with Gasteiger partial charge in [0, 0.05) is 48.4 Å². The zero-order chi connectivity index (χ0) is 20.8. The summed E-state index contributed by atoms with van der Waals surface area (Å²) in [5.41, 5.74) is 0.0925. The maximum absolute atomic E-state index is 12.0. The van der Waals surface area contributed by atoms with Gasteiger partial charge in [-0.05, 0) is 18.2 Å². The molecule has 0 spiro atoms. The summed E-state index contributed by atoms with van der Waals surface area (Å²) in [7, 11) is 0. The van der Waals surface area contributed by atoms with Gasteiger partial charge in [0.05, 0.1) is 12.2 Å². The third-order valence-electron chi connectivity index (χ3n) is 4.13. The Hall–Kier alpha value is -3.46. The molecule has 1 aromatic carbocycles. The van der Waals surface area contributed by atoms with Gasteiger partial charge in [0.1, 0.15) is 0 Å². The first kappa shape index (κ1) is 20.3. The highest BCUT2D eigenvalue weighted by molar-refractivity contribution is 6.30. The van der Waals surface area contributed by atoms with Gasteiger partial charge in [0.2, 0.25) is 5.91 Å². The van der Waals surface area contributed by atoms with Gasteiger partial charge in [0.15, 0.2) is 0 Å². The first-order valence-corrected chi connectivity index (χ1v) is 9.21. The molecule has 9 nitrogen and oxygen atoms in total. The van der Waals surface area contributed by atoms with E-state index in [1.165, 1.54) is 27.6 Å². The molecule has 1 amide bonds. The Morgan fingerprint density at radius 3 is 2.52 bits per heavy atom. The molecule has 0 saturated carbocycles. The van der Waals surface area contributed by atoms with E-state index >= 15 is 0 Å². The molecule has 0 radical (unpaired) electrons. The summed E-state index contributed by atoms with van der Waals surface area (Å²) >= 11 is 5.88. The van der Waals surface area contributed by atoms with Gasteiger partial charge in [-0.1, -0.05) is 23.7 Å². The number of nitrogens with zero attached hydrogens (tertiary/aromatic N) is 3. The summed E-state index contributed by atoms with van der Waals surface area (Å²) in [5.74, 6) is -0.287. The third kappa shape index (κ3) is 5.52. The molecule has 2 heterocycles. The van der Waals surface area contributed by atoms with Crippen molar-refractivity contribution in [3.8, 4) is 11.3 Å². The Kier molecular flexibility index (Phi) is 6.40. The lowest BCUT2D eigenvalue weighted by atomic mass is 10.1. The van der Waals surface area contributed by atoms with Crippen molar-refractivity contribution in [3.63, 3.8) is 0 Å². The number of hydrogen-bond donors (Lipinski definition) is 2. The number of amides is 1. The van der Waals surface area contributed by atoms with Crippen LogP contribution >= 0.6 is 11.6 Å². The molecule has 3 aromatic rings. The van der Waals surface area contributed by atoms with Crippen LogP contribution in [0.2, 0.25) is 5.02 Å². The Balaban J connectivity index is 1.55. The minimum absolute atomic E-state index is 0.0547. The average Bonchev–Trinajstić information content (AvgIpc) is 2.69. The van der Waals surface area contributed by atoms with Crippen LogP contribution in [-0.2, 0) is 17.9 Å². The number of carbonyl (C=O) groups is 1. The molecule has 2 aromatic heterocycles. The van der Waals surface area contributed by atoms with E-state index in [9.17, 15) is 19.2 Å². The Labute approximate surface area is 169 Å². The highest BCUT2D eigenvalue weighted by Crippen LogP contribution is 2.18. The molecule has 0 saturated heterocycles. The fourth-order valence-electron chi connectivity index (χ4n) is 2.62. The summed E-state index contributed by atoms with van der Waals surface area (Å²) in [4.78, 5) is 48.7. The topological polar surface area (TPSA) is 119 Å². The molecule has 3 rings (SSSR count). The van der Waals surface area contributed by atoms with Crippen LogP contribution in [0.3, 0.4) is 0 Å². The molecule has 0 aliphatic heterocycles. The number of halogens is 1. The number of aromatic nitrogens is 4. The predicted octanol–water partition coefficient (Wildman–Crippen LogP) is 0.620. The summed E-state index contributed by atoms with van der Waals surface area (Å²) in [6.45, 7) is 0.534. The van der Waals surface area contributed by atoms with Crippen molar-refractivity contribution in [1.82, 2.24) is 24.6 Å². The number of H-pyrrole nitrogens is 1. The van der Waals surface area contributed by atoms with E-state index in [0.29, 0.717) is 10.7 Å². The molecule has 0 atom stereocenters. The highest BCUT2D eigenvalue weighted by Gasteiger charge is 2.06. The summed E-state index contributed by atoms with van der Waals surface area (Å²) in [6.07, 6.45) is 1.39. The van der Waals surface area contributed by atoms with Crippen LogP contribution in [0.4, 0.5) is 0 Å². The maximum atomic E-state index is 12.0. The van der Waals surface area contributed by atoms with Crippen LogP contribution in [0, 0.1) is 0 Å². The standard InChI is InChI=1S/C19H18ClN5O4/c20-14-3-1-13(2-4-14)15-5-6-18(28)25(23-15)12-9-21-16(26)7-10-24-11-8-17(27)22-19(24)29/h1-6,8,11H,7,9-10,12H2,(H,21,26)(H,22,27,29). The number of benzene rings is 1. The van der Waals surface area contributed by atoms with Crippen molar-refractivity contribution in [1.29, 1.82) is 0 Å². The molecule has 10 heteroatoms. The third-order valence-corrected chi connectivity index (χ3v) is 4.38. The summed E-state index contributed by atoms with van der Waals surface area (Å²) < 4.78 is 2.51. The fraction of sp³-hybridized carbons (Fsp3) is 0.211. The van der Waals surface area contributed by atoms with E-state index in [0.717, 1.165) is 5.56 Å². The van der Waals surface area contributed by atoms with Crippen molar-refractivity contribution in [2.75, 3.05) is 6.54 Å². The van der Waals surface area contributed by atoms with Crippen molar-refractivity contribution in [2.24, 2.45) is 0 Å². The van der Waals surface area contributed by atoms with Gasteiger partial charge in [-0.3, -0.25) is 19.4 Å². The first-order chi connectivity index (χ1) is 13.9. The van der Waals surface area contributed by atoms with E-state index in [1.807, 2.05) is 0 Å². The molecule has 0 aliphatic rings. The fourth-order valence-corrected chi connectivity index (χ4v) is 2.74. The van der Waals surface area contributed by atoms with Crippen molar-refractivity contribution >= 4 is 17.5 Å². The van der Waals surface area contributed by atoms with Crippen molar-refractivity contribution in [2.45, 2.75) is 19.5 Å². The summed E-state index contributed by atoms with van der Waals surface area (Å²) in [5, 5.41) is 7.60. The number of hydrogen-bond acceptors (Lipinski definition) is 5. The monoisotopic (exact) mass is 415 g/mol. The van der Waals surface area contributed by atoms with E-state index in [2.05, 4.69) is 15.4 Å². The molecular weight excluding hydrogens is 398 g/mol. The number of nitrogens with one attached hydrogen (secondary N) is 2. The first-order valence-electron chi connectivity index (χ1n) is 8.83. The molecule has 0 aliphatic carbocycles. The Bertz CT molecular complexity index is 1180. The maximum Gasteiger partial charge on any atom is 0.328 e. The van der Waals surface area contributed by atoms with Crippen LogP contribution in [0.1, 0.15) is 6.42 Å². The molecule has 150 valence electrons. The number of aromatic amines is 1. The predicted molar refractivity (Wildman–Crippen MR) is 108 cm³/mol. The van der Waals surface area contributed by atoms with Crippen LogP contribution in [0.25, 0.3) is 11.3 Å². The van der Waals surface area contributed by atoms with Gasteiger partial charge in [-0.15, -0.1) is 0 Å². The van der Waals surface area contributed by atoms with Crippen molar-refractivity contribution in [3.05, 3.63) is 84.9 Å². The van der Waals surface area contributed by atoms with Crippen molar-refractivity contribution < 1.29 is 4.79 Å². The zero-order valence-electron chi connectivity index (χ0n) is 15.3. The second kappa shape index (κ2) is 9.16. The normalized spacial score (nSPS) is 10.7. The van der Waals surface area contributed by atoms with Gasteiger partial charge >= 0.3 is 5.69 Å². The minimum Gasteiger partial charge on any atom is -0.354 e. The van der Waals surface area contributed by atoms with E-state index in [1.54, 1.807) is 30.3 Å². The van der Waals surface area contributed by atoms with Crippen LogP contribution in [0.5, 0.6) is 0 Å². The number of carbonyl (C=O) groups excluding carboxylic acids is 1. The van der Waals surface area contributed by atoms with Crippen LogP contribution in [0.15, 0.2) is 63.0 Å². The lowest BCUT2D eigenvalue weighted by molar-refractivity contribution is -0.121. The van der Waals surface area contributed by atoms with Gasteiger partial charge in [0.25, 0.3) is 11.1 Å². The SMILES string of the molecule is O=C(CCn1ccc(=O)[nH]c1=O)NCCn1nc(-c2ccc(Cl)cc2)ccc1=O. The Morgan fingerprint density at radius 2 is 1.79 bits per heavy atom. The quantitative estimate of drug-likeness (QED) is 0.586.